The minimum absolute atomic E-state index is 0.0193. The summed E-state index contributed by atoms with van der Waals surface area (Å²) in [6, 6.07) is 18.1. The Labute approximate surface area is 200 Å². The minimum Gasteiger partial charge on any atom is -0.466 e. The highest BCUT2D eigenvalue weighted by Crippen LogP contribution is 2.43. The van der Waals surface area contributed by atoms with Crippen molar-refractivity contribution in [2.24, 2.45) is 5.73 Å². The zero-order chi connectivity index (χ0) is 24.2. The van der Waals surface area contributed by atoms with Crippen LogP contribution in [0.15, 0.2) is 88.2 Å². The number of methoxy groups -OCH3 is 2. The average Bonchev–Trinajstić information content (AvgIpc) is 3.42. The number of esters is 2. The topological polar surface area (TPSA) is 119 Å². The van der Waals surface area contributed by atoms with E-state index >= 15 is 0 Å². The number of hydrogen-bond donors (Lipinski definition) is 1. The number of ether oxygens (including phenoxy) is 2. The third-order valence-corrected chi connectivity index (χ3v) is 6.05. The number of nitrogens with two attached hydrogens (primary N) is 1. The molecule has 34 heavy (non-hydrogen) atoms. The summed E-state index contributed by atoms with van der Waals surface area (Å²) in [6.07, 6.45) is 0. The van der Waals surface area contributed by atoms with Gasteiger partial charge in [-0.05, 0) is 17.7 Å². The lowest BCUT2D eigenvalue weighted by atomic mass is 9.81. The second kappa shape index (κ2) is 9.60. The van der Waals surface area contributed by atoms with Crippen LogP contribution in [-0.2, 0) is 19.1 Å². The van der Waals surface area contributed by atoms with E-state index in [1.54, 1.807) is 41.9 Å². The van der Waals surface area contributed by atoms with Gasteiger partial charge in [0.2, 0.25) is 0 Å². The van der Waals surface area contributed by atoms with Crippen molar-refractivity contribution in [2.75, 3.05) is 19.1 Å². The Kier molecular flexibility index (Phi) is 6.43. The van der Waals surface area contributed by atoms with Gasteiger partial charge in [-0.1, -0.05) is 42.5 Å². The first kappa shape index (κ1) is 22.8. The molecular weight excluding hydrogens is 452 g/mol. The van der Waals surface area contributed by atoms with Gasteiger partial charge in [-0.15, -0.1) is 11.3 Å². The smallest absolute Gasteiger partial charge is 0.355 e. The maximum Gasteiger partial charge on any atom is 0.355 e. The number of allylic oxidation sites excluding steroid dienone is 1. The standard InChI is InChI=1S/C25H20N4O4S/c1-32-24(30)21-20(16-6-4-3-5-7-16)18(12-26)23(27)29(22(21)25(31)33-2)17-10-8-15(9-11-17)19-13-34-14-28-19/h3-11,13-14,20H,27H2,1-2H3. The van der Waals surface area contributed by atoms with Crippen molar-refractivity contribution in [3.8, 4) is 17.3 Å². The van der Waals surface area contributed by atoms with Crippen molar-refractivity contribution in [2.45, 2.75) is 5.92 Å². The Balaban J connectivity index is 1.96. The highest BCUT2D eigenvalue weighted by atomic mass is 32.1. The summed E-state index contributed by atoms with van der Waals surface area (Å²) in [5.74, 6) is -2.44. The number of hydrogen-bond acceptors (Lipinski definition) is 9. The molecule has 1 unspecified atom stereocenters. The summed E-state index contributed by atoms with van der Waals surface area (Å²) in [5.41, 5.74) is 10.9. The molecule has 0 aliphatic carbocycles. The normalized spacial score (nSPS) is 15.7. The summed E-state index contributed by atoms with van der Waals surface area (Å²) in [6.45, 7) is 0. The first-order valence-electron chi connectivity index (χ1n) is 10.2. The zero-order valence-electron chi connectivity index (χ0n) is 18.4. The second-order valence-corrected chi connectivity index (χ2v) is 7.97. The SMILES string of the molecule is COC(=O)C1=C(C(=O)OC)N(c2ccc(-c3cscn3)cc2)C(N)=C(C#N)C1c1ccccc1. The molecule has 0 saturated carbocycles. The summed E-state index contributed by atoms with van der Waals surface area (Å²) >= 11 is 1.48. The van der Waals surface area contributed by atoms with E-state index in [-0.39, 0.29) is 22.7 Å². The molecular formula is C25H20N4O4S. The summed E-state index contributed by atoms with van der Waals surface area (Å²) in [4.78, 5) is 31.8. The highest BCUT2D eigenvalue weighted by Gasteiger charge is 2.42. The van der Waals surface area contributed by atoms with Crippen LogP contribution in [0.3, 0.4) is 0 Å². The van der Waals surface area contributed by atoms with Gasteiger partial charge in [-0.25, -0.2) is 14.6 Å². The lowest BCUT2D eigenvalue weighted by molar-refractivity contribution is -0.139. The number of rotatable bonds is 5. The molecule has 4 rings (SSSR count). The van der Waals surface area contributed by atoms with Crippen molar-refractivity contribution in [1.29, 1.82) is 5.26 Å². The van der Waals surface area contributed by atoms with Gasteiger partial charge in [0.15, 0.2) is 0 Å². The summed E-state index contributed by atoms with van der Waals surface area (Å²) < 4.78 is 10.1. The van der Waals surface area contributed by atoms with Crippen molar-refractivity contribution < 1.29 is 19.1 Å². The molecule has 1 aromatic heterocycles. The number of nitrogens with zero attached hydrogens (tertiary/aromatic N) is 3. The Morgan fingerprint density at radius 2 is 1.74 bits per heavy atom. The number of thiazole rings is 1. The van der Waals surface area contributed by atoms with Crippen molar-refractivity contribution >= 4 is 29.0 Å². The molecule has 1 aliphatic heterocycles. The molecule has 0 radical (unpaired) electrons. The molecule has 0 fully saturated rings. The first-order valence-corrected chi connectivity index (χ1v) is 11.1. The van der Waals surface area contributed by atoms with Gasteiger partial charge < -0.3 is 15.2 Å². The molecule has 170 valence electrons. The molecule has 1 aliphatic rings. The van der Waals surface area contributed by atoms with Gasteiger partial charge in [-0.3, -0.25) is 4.90 Å². The average molecular weight is 473 g/mol. The number of carbonyl (C=O) groups excluding carboxylic acids is 2. The minimum atomic E-state index is -0.904. The van der Waals surface area contributed by atoms with Crippen LogP contribution in [0.25, 0.3) is 11.3 Å². The predicted octanol–water partition coefficient (Wildman–Crippen LogP) is 3.71. The molecule has 2 aromatic carbocycles. The van der Waals surface area contributed by atoms with E-state index in [2.05, 4.69) is 11.1 Å². The molecule has 0 bridgehead atoms. The molecule has 3 aromatic rings. The van der Waals surface area contributed by atoms with E-state index in [1.807, 2.05) is 23.6 Å². The van der Waals surface area contributed by atoms with E-state index in [1.165, 1.54) is 30.5 Å². The van der Waals surface area contributed by atoms with Gasteiger partial charge >= 0.3 is 11.9 Å². The Morgan fingerprint density at radius 3 is 2.29 bits per heavy atom. The number of carbonyl (C=O) groups is 2. The lowest BCUT2D eigenvalue weighted by Crippen LogP contribution is -2.40. The van der Waals surface area contributed by atoms with Crippen LogP contribution >= 0.6 is 11.3 Å². The molecule has 2 N–H and O–H groups in total. The van der Waals surface area contributed by atoms with E-state index in [9.17, 15) is 14.9 Å². The number of aromatic nitrogens is 1. The van der Waals surface area contributed by atoms with Gasteiger partial charge in [0.1, 0.15) is 11.5 Å². The molecule has 0 spiro atoms. The van der Waals surface area contributed by atoms with Gasteiger partial charge in [-0.2, -0.15) is 5.26 Å². The number of benzene rings is 2. The highest BCUT2D eigenvalue weighted by molar-refractivity contribution is 7.07. The fourth-order valence-corrected chi connectivity index (χ4v) is 4.48. The van der Waals surface area contributed by atoms with Gasteiger partial charge in [0.25, 0.3) is 0 Å². The third-order valence-electron chi connectivity index (χ3n) is 5.46. The predicted molar refractivity (Wildman–Crippen MR) is 127 cm³/mol. The van der Waals surface area contributed by atoms with Crippen molar-refractivity contribution in [3.63, 3.8) is 0 Å². The quantitative estimate of drug-likeness (QED) is 0.558. The monoisotopic (exact) mass is 472 g/mol. The third kappa shape index (κ3) is 3.91. The van der Waals surface area contributed by atoms with E-state index in [0.29, 0.717) is 11.3 Å². The number of nitriles is 1. The van der Waals surface area contributed by atoms with Crippen LogP contribution in [0, 0.1) is 11.3 Å². The Hall–Kier alpha value is -4.42. The fraction of sp³-hybridized carbons (Fsp3) is 0.120. The van der Waals surface area contributed by atoms with E-state index in [0.717, 1.165) is 11.3 Å². The molecule has 0 amide bonds. The van der Waals surface area contributed by atoms with Crippen LogP contribution < -0.4 is 10.6 Å². The summed E-state index contributed by atoms with van der Waals surface area (Å²) in [7, 11) is 2.43. The largest absolute Gasteiger partial charge is 0.466 e. The van der Waals surface area contributed by atoms with Crippen molar-refractivity contribution in [1.82, 2.24) is 4.98 Å². The molecule has 2 heterocycles. The maximum atomic E-state index is 13.1. The Bertz CT molecular complexity index is 1320. The zero-order valence-corrected chi connectivity index (χ0v) is 19.2. The molecule has 1 atom stereocenters. The van der Waals surface area contributed by atoms with E-state index in [4.69, 9.17) is 15.2 Å². The maximum absolute atomic E-state index is 13.1. The van der Waals surface area contributed by atoms with E-state index < -0.39 is 17.9 Å². The summed E-state index contributed by atoms with van der Waals surface area (Å²) in [5, 5.41) is 12.0. The lowest BCUT2D eigenvalue weighted by Gasteiger charge is -2.35. The van der Waals surface area contributed by atoms with Crippen LogP contribution in [0.2, 0.25) is 0 Å². The number of anilines is 1. The van der Waals surface area contributed by atoms with Gasteiger partial charge in [0, 0.05) is 16.6 Å². The van der Waals surface area contributed by atoms with Crippen LogP contribution in [0.1, 0.15) is 11.5 Å². The fourth-order valence-electron chi connectivity index (χ4n) is 3.92. The molecule has 8 nitrogen and oxygen atoms in total. The second-order valence-electron chi connectivity index (χ2n) is 7.26. The molecule has 9 heteroatoms. The van der Waals surface area contributed by atoms with Crippen LogP contribution in [0.5, 0.6) is 0 Å². The van der Waals surface area contributed by atoms with Crippen LogP contribution in [-0.4, -0.2) is 31.1 Å². The molecule has 0 saturated heterocycles. The van der Waals surface area contributed by atoms with Crippen LogP contribution in [0.4, 0.5) is 5.69 Å². The van der Waals surface area contributed by atoms with Crippen molar-refractivity contribution in [3.05, 3.63) is 93.7 Å². The Morgan fingerprint density at radius 1 is 1.06 bits per heavy atom. The van der Waals surface area contributed by atoms with Gasteiger partial charge in [0.05, 0.1) is 48.6 Å². The first-order chi connectivity index (χ1) is 16.5.